The molecule has 0 unspecified atom stereocenters. The van der Waals surface area contributed by atoms with Gasteiger partial charge in [0, 0.05) is 12.8 Å². The first-order chi connectivity index (χ1) is 7.74. The molecule has 2 aromatic rings. The van der Waals surface area contributed by atoms with E-state index in [2.05, 4.69) is 12.1 Å². The molecule has 1 aromatic heterocycles. The van der Waals surface area contributed by atoms with Crippen molar-refractivity contribution in [2.24, 2.45) is 5.73 Å². The molecular weight excluding hydrogens is 202 g/mol. The predicted molar refractivity (Wildman–Crippen MR) is 59.3 cm³/mol. The Labute approximate surface area is 92.9 Å². The number of rotatable bonds is 1. The number of fused-ring (bicyclic) bond motifs is 2. The minimum atomic E-state index is -0.501. The molecule has 3 rings (SSSR count). The molecule has 0 atom stereocenters. The first-order valence-electron chi connectivity index (χ1n) is 5.22. The van der Waals surface area contributed by atoms with E-state index < -0.39 is 5.91 Å². The van der Waals surface area contributed by atoms with E-state index in [9.17, 15) is 4.79 Å². The maximum Gasteiger partial charge on any atom is 0.284 e. The molecule has 1 aromatic carbocycles. The van der Waals surface area contributed by atoms with Crippen LogP contribution in [0.5, 0.6) is 0 Å². The molecule has 0 fully saturated rings. The van der Waals surface area contributed by atoms with Crippen molar-refractivity contribution in [3.63, 3.8) is 0 Å². The van der Waals surface area contributed by atoms with E-state index in [4.69, 9.17) is 10.2 Å². The Hall–Kier alpha value is -2.03. The van der Waals surface area contributed by atoms with Crippen LogP contribution in [0.1, 0.15) is 33.0 Å². The van der Waals surface area contributed by atoms with E-state index >= 15 is 0 Å². The third-order valence-electron chi connectivity index (χ3n) is 2.99. The highest BCUT2D eigenvalue weighted by Gasteiger charge is 2.20. The molecule has 2 N–H and O–H groups in total. The van der Waals surface area contributed by atoms with Crippen LogP contribution >= 0.6 is 0 Å². The number of hydrogen-bond acceptors (Lipinski definition) is 2. The van der Waals surface area contributed by atoms with Crippen molar-refractivity contribution in [3.05, 3.63) is 58.5 Å². The zero-order valence-corrected chi connectivity index (χ0v) is 8.69. The average Bonchev–Trinajstić information content (AvgIpc) is 2.68. The highest BCUT2D eigenvalue weighted by Crippen LogP contribution is 2.29. The summed E-state index contributed by atoms with van der Waals surface area (Å²) in [6.45, 7) is 0. The van der Waals surface area contributed by atoms with E-state index in [1.807, 2.05) is 12.1 Å². The van der Waals surface area contributed by atoms with Crippen molar-refractivity contribution in [1.82, 2.24) is 0 Å². The second-order valence-electron chi connectivity index (χ2n) is 4.05. The summed E-state index contributed by atoms with van der Waals surface area (Å²) >= 11 is 0. The van der Waals surface area contributed by atoms with Crippen LogP contribution in [0.3, 0.4) is 0 Å². The lowest BCUT2D eigenvalue weighted by atomic mass is 9.91. The minimum absolute atomic E-state index is 0.262. The van der Waals surface area contributed by atoms with Crippen LogP contribution < -0.4 is 5.73 Å². The zero-order valence-electron chi connectivity index (χ0n) is 8.69. The largest absolute Gasteiger partial charge is 0.455 e. The lowest BCUT2D eigenvalue weighted by Crippen LogP contribution is -2.09. The summed E-state index contributed by atoms with van der Waals surface area (Å²) in [7, 11) is 0. The summed E-state index contributed by atoms with van der Waals surface area (Å²) in [5.74, 6) is 0.628. The van der Waals surface area contributed by atoms with Gasteiger partial charge in [-0.2, -0.15) is 0 Å². The number of nitrogens with two attached hydrogens (primary N) is 1. The molecule has 0 saturated carbocycles. The lowest BCUT2D eigenvalue weighted by molar-refractivity contribution is 0.0972. The van der Waals surface area contributed by atoms with Gasteiger partial charge in [-0.3, -0.25) is 4.79 Å². The van der Waals surface area contributed by atoms with Gasteiger partial charge < -0.3 is 10.2 Å². The Morgan fingerprint density at radius 3 is 2.50 bits per heavy atom. The van der Waals surface area contributed by atoms with Crippen LogP contribution in [0.4, 0.5) is 0 Å². The van der Waals surface area contributed by atoms with Gasteiger partial charge in [-0.15, -0.1) is 0 Å². The molecular formula is C13H11NO2. The number of carbonyl (C=O) groups is 1. The molecule has 0 radical (unpaired) electrons. The topological polar surface area (TPSA) is 56.2 Å². The van der Waals surface area contributed by atoms with Gasteiger partial charge >= 0.3 is 0 Å². The molecule has 0 bridgehead atoms. The molecule has 16 heavy (non-hydrogen) atoms. The summed E-state index contributed by atoms with van der Waals surface area (Å²) in [5.41, 5.74) is 8.84. The summed E-state index contributed by atoms with van der Waals surface area (Å²) in [4.78, 5) is 11.0. The van der Waals surface area contributed by atoms with Crippen LogP contribution in [0.25, 0.3) is 0 Å². The summed E-state index contributed by atoms with van der Waals surface area (Å²) in [6, 6.07) is 9.99. The van der Waals surface area contributed by atoms with Crippen LogP contribution in [0.15, 0.2) is 34.7 Å². The highest BCUT2D eigenvalue weighted by atomic mass is 16.3. The number of amides is 1. The van der Waals surface area contributed by atoms with Crippen molar-refractivity contribution in [2.75, 3.05) is 0 Å². The second-order valence-corrected chi connectivity index (χ2v) is 4.05. The predicted octanol–water partition coefficient (Wildman–Crippen LogP) is 1.87. The van der Waals surface area contributed by atoms with E-state index in [1.54, 1.807) is 6.07 Å². The molecule has 0 aliphatic heterocycles. The van der Waals surface area contributed by atoms with Gasteiger partial charge in [0.2, 0.25) is 0 Å². The highest BCUT2D eigenvalue weighted by molar-refractivity contribution is 5.90. The smallest absolute Gasteiger partial charge is 0.284 e. The fourth-order valence-corrected chi connectivity index (χ4v) is 2.17. The normalized spacial score (nSPS) is 13.0. The Balaban J connectivity index is 2.06. The molecule has 3 heteroatoms. The van der Waals surface area contributed by atoms with Gasteiger partial charge in [0.1, 0.15) is 5.76 Å². The Morgan fingerprint density at radius 1 is 1.12 bits per heavy atom. The van der Waals surface area contributed by atoms with E-state index in [1.165, 1.54) is 11.1 Å². The van der Waals surface area contributed by atoms with Gasteiger partial charge in [-0.25, -0.2) is 0 Å². The number of furan rings is 1. The Bertz CT molecular complexity index is 527. The molecule has 0 saturated heterocycles. The van der Waals surface area contributed by atoms with Crippen molar-refractivity contribution < 1.29 is 9.21 Å². The van der Waals surface area contributed by atoms with Crippen molar-refractivity contribution in [2.45, 2.75) is 12.8 Å². The lowest BCUT2D eigenvalue weighted by Gasteiger charge is -2.14. The zero-order chi connectivity index (χ0) is 11.1. The Morgan fingerprint density at radius 2 is 1.81 bits per heavy atom. The fourth-order valence-electron chi connectivity index (χ4n) is 2.17. The molecule has 80 valence electrons. The Kier molecular flexibility index (Phi) is 1.86. The fraction of sp³-hybridized carbons (Fsp3) is 0.154. The third-order valence-corrected chi connectivity index (χ3v) is 2.99. The number of primary amides is 1. The van der Waals surface area contributed by atoms with Gasteiger partial charge in [0.15, 0.2) is 5.76 Å². The first kappa shape index (κ1) is 9.21. The molecule has 1 aliphatic carbocycles. The molecule has 1 heterocycles. The monoisotopic (exact) mass is 213 g/mol. The van der Waals surface area contributed by atoms with Crippen LogP contribution in [0.2, 0.25) is 0 Å². The first-order valence-corrected chi connectivity index (χ1v) is 5.22. The maximum atomic E-state index is 11.0. The van der Waals surface area contributed by atoms with Gasteiger partial charge in [-0.1, -0.05) is 24.3 Å². The summed E-state index contributed by atoms with van der Waals surface area (Å²) in [6.07, 6.45) is 1.57. The third kappa shape index (κ3) is 1.33. The number of carbonyl (C=O) groups excluding carboxylic acids is 1. The van der Waals surface area contributed by atoms with E-state index in [-0.39, 0.29) is 5.76 Å². The van der Waals surface area contributed by atoms with E-state index in [0.29, 0.717) is 0 Å². The standard InChI is InChI=1S/C13H11NO2/c14-13(15)12-7-10-5-8-3-1-2-4-9(8)6-11(10)16-12/h1-4,7H,5-6H2,(H2,14,15). The van der Waals surface area contributed by atoms with E-state index in [0.717, 1.165) is 24.2 Å². The number of hydrogen-bond donors (Lipinski definition) is 1. The van der Waals surface area contributed by atoms with Crippen molar-refractivity contribution in [3.8, 4) is 0 Å². The van der Waals surface area contributed by atoms with Gasteiger partial charge in [-0.05, 0) is 22.8 Å². The minimum Gasteiger partial charge on any atom is -0.455 e. The molecule has 0 spiro atoms. The summed E-state index contributed by atoms with van der Waals surface area (Å²) < 4.78 is 5.45. The van der Waals surface area contributed by atoms with Crippen molar-refractivity contribution >= 4 is 5.91 Å². The molecule has 1 aliphatic rings. The van der Waals surface area contributed by atoms with Gasteiger partial charge in [0.25, 0.3) is 5.91 Å². The average molecular weight is 213 g/mol. The van der Waals surface area contributed by atoms with Crippen LogP contribution in [-0.4, -0.2) is 5.91 Å². The quantitative estimate of drug-likeness (QED) is 0.671. The maximum absolute atomic E-state index is 11.0. The van der Waals surface area contributed by atoms with Crippen LogP contribution in [-0.2, 0) is 12.8 Å². The summed E-state index contributed by atoms with van der Waals surface area (Å²) in [5, 5.41) is 0. The number of benzene rings is 1. The molecule has 1 amide bonds. The van der Waals surface area contributed by atoms with Crippen molar-refractivity contribution in [1.29, 1.82) is 0 Å². The van der Waals surface area contributed by atoms with Crippen LogP contribution in [0, 0.1) is 0 Å². The van der Waals surface area contributed by atoms with Gasteiger partial charge in [0.05, 0.1) is 0 Å². The molecule has 3 nitrogen and oxygen atoms in total. The second kappa shape index (κ2) is 3.23. The SMILES string of the molecule is NC(=O)c1cc2c(o1)Cc1ccccc1C2.